The average molecular weight is 246 g/mol. The summed E-state index contributed by atoms with van der Waals surface area (Å²) in [5.74, 6) is 0.435. The van der Waals surface area contributed by atoms with Gasteiger partial charge in [-0.3, -0.25) is 0 Å². The first-order chi connectivity index (χ1) is 6.96. The zero-order valence-corrected chi connectivity index (χ0v) is 10.4. The molecule has 1 aliphatic rings. The zero-order chi connectivity index (χ0) is 11.1. The van der Waals surface area contributed by atoms with Crippen molar-refractivity contribution in [1.82, 2.24) is 9.71 Å². The molecule has 1 saturated carbocycles. The number of aromatic nitrogens is 1. The van der Waals surface area contributed by atoms with Crippen LogP contribution in [0.1, 0.15) is 29.6 Å². The molecular weight excluding hydrogens is 232 g/mol. The van der Waals surface area contributed by atoms with Gasteiger partial charge in [-0.15, -0.1) is 11.3 Å². The van der Waals surface area contributed by atoms with Gasteiger partial charge in [0.25, 0.3) is 0 Å². The molecule has 1 heterocycles. The Balaban J connectivity index is 2.20. The van der Waals surface area contributed by atoms with Crippen molar-refractivity contribution in [3.05, 3.63) is 16.1 Å². The second-order valence-corrected chi connectivity index (χ2v) is 6.70. The third kappa shape index (κ3) is 2.99. The van der Waals surface area contributed by atoms with Crippen molar-refractivity contribution in [2.45, 2.75) is 25.8 Å². The van der Waals surface area contributed by atoms with E-state index in [1.165, 1.54) is 17.6 Å². The molecule has 1 N–H and O–H groups in total. The van der Waals surface area contributed by atoms with Crippen LogP contribution in [-0.4, -0.2) is 19.7 Å². The zero-order valence-electron chi connectivity index (χ0n) is 8.73. The van der Waals surface area contributed by atoms with E-state index in [-0.39, 0.29) is 6.04 Å². The quantitative estimate of drug-likeness (QED) is 0.874. The first kappa shape index (κ1) is 11.0. The van der Waals surface area contributed by atoms with E-state index in [1.54, 1.807) is 0 Å². The van der Waals surface area contributed by atoms with Crippen LogP contribution < -0.4 is 4.72 Å². The Kier molecular flexibility index (Phi) is 2.83. The second-order valence-electron chi connectivity index (χ2n) is 4.03. The molecular formula is C9H14N2O2S2. The molecule has 1 atom stereocenters. The van der Waals surface area contributed by atoms with Gasteiger partial charge in [-0.1, -0.05) is 0 Å². The first-order valence-corrected chi connectivity index (χ1v) is 7.62. The van der Waals surface area contributed by atoms with Gasteiger partial charge in [-0.25, -0.2) is 18.1 Å². The summed E-state index contributed by atoms with van der Waals surface area (Å²) in [7, 11) is -3.15. The molecule has 1 fully saturated rings. The van der Waals surface area contributed by atoms with E-state index in [2.05, 4.69) is 9.71 Å². The monoisotopic (exact) mass is 246 g/mol. The minimum Gasteiger partial charge on any atom is -0.245 e. The Labute approximate surface area is 93.8 Å². The number of rotatable bonds is 4. The van der Waals surface area contributed by atoms with Crippen LogP contribution in [0.3, 0.4) is 0 Å². The summed E-state index contributed by atoms with van der Waals surface area (Å²) in [4.78, 5) is 4.35. The molecule has 0 radical (unpaired) electrons. The van der Waals surface area contributed by atoms with Gasteiger partial charge < -0.3 is 0 Å². The molecule has 0 bridgehead atoms. The third-order valence-corrected chi connectivity index (χ3v) is 4.07. The Morgan fingerprint density at radius 3 is 2.67 bits per heavy atom. The summed E-state index contributed by atoms with van der Waals surface area (Å²) in [6, 6.07) is -0.112. The van der Waals surface area contributed by atoms with Gasteiger partial charge in [0.05, 0.1) is 12.3 Å². The molecule has 84 valence electrons. The number of hydrogen-bond donors (Lipinski definition) is 1. The predicted octanol–water partition coefficient (Wildman–Crippen LogP) is 1.45. The highest BCUT2D eigenvalue weighted by Gasteiger charge is 2.35. The minimum atomic E-state index is -3.15. The van der Waals surface area contributed by atoms with Crippen molar-refractivity contribution in [3.63, 3.8) is 0 Å². The average Bonchev–Trinajstić information content (AvgIpc) is 2.84. The van der Waals surface area contributed by atoms with Crippen molar-refractivity contribution < 1.29 is 8.42 Å². The highest BCUT2D eigenvalue weighted by atomic mass is 32.2. The number of thiazole rings is 1. The molecule has 4 nitrogen and oxygen atoms in total. The summed E-state index contributed by atoms with van der Waals surface area (Å²) < 4.78 is 25.1. The van der Waals surface area contributed by atoms with Crippen LogP contribution in [0, 0.1) is 12.8 Å². The number of hydrogen-bond acceptors (Lipinski definition) is 4. The summed E-state index contributed by atoms with van der Waals surface area (Å²) in [5, 5.41) is 2.84. The Morgan fingerprint density at radius 2 is 2.27 bits per heavy atom. The smallest absolute Gasteiger partial charge is 0.209 e. The third-order valence-electron chi connectivity index (χ3n) is 2.34. The molecule has 0 amide bonds. The van der Waals surface area contributed by atoms with E-state index in [0.717, 1.165) is 23.5 Å². The van der Waals surface area contributed by atoms with Crippen LogP contribution in [-0.2, 0) is 10.0 Å². The molecule has 15 heavy (non-hydrogen) atoms. The van der Waals surface area contributed by atoms with Gasteiger partial charge in [-0.05, 0) is 25.7 Å². The number of sulfonamides is 1. The van der Waals surface area contributed by atoms with Crippen molar-refractivity contribution in [2.75, 3.05) is 6.26 Å². The standard InChI is InChI=1S/C9H14N2O2S2/c1-6-5-14-9(10-6)8(7-3-4-7)11-15(2,12)13/h5,7-8,11H,3-4H2,1-2H3. The van der Waals surface area contributed by atoms with Gasteiger partial charge >= 0.3 is 0 Å². The Bertz CT molecular complexity index is 448. The minimum absolute atomic E-state index is 0.112. The van der Waals surface area contributed by atoms with Crippen LogP contribution in [0.15, 0.2) is 5.38 Å². The highest BCUT2D eigenvalue weighted by molar-refractivity contribution is 7.88. The summed E-state index contributed by atoms with van der Waals surface area (Å²) in [6.07, 6.45) is 3.38. The molecule has 0 aromatic carbocycles. The van der Waals surface area contributed by atoms with Crippen molar-refractivity contribution in [1.29, 1.82) is 0 Å². The van der Waals surface area contributed by atoms with Gasteiger partial charge in [-0.2, -0.15) is 0 Å². The topological polar surface area (TPSA) is 59.1 Å². The first-order valence-electron chi connectivity index (χ1n) is 4.85. The Hall–Kier alpha value is -0.460. The molecule has 0 saturated heterocycles. The van der Waals surface area contributed by atoms with Crippen LogP contribution in [0.2, 0.25) is 0 Å². The summed E-state index contributed by atoms with van der Waals surface area (Å²) in [5.41, 5.74) is 0.955. The molecule has 1 aromatic rings. The van der Waals surface area contributed by atoms with Gasteiger partial charge in [0.1, 0.15) is 5.01 Å². The van der Waals surface area contributed by atoms with E-state index in [0.29, 0.717) is 5.92 Å². The molecule has 1 aromatic heterocycles. The molecule has 2 rings (SSSR count). The lowest BCUT2D eigenvalue weighted by atomic mass is 10.2. The molecule has 1 aliphatic carbocycles. The van der Waals surface area contributed by atoms with Crippen molar-refractivity contribution >= 4 is 21.4 Å². The van der Waals surface area contributed by atoms with Crippen LogP contribution in [0.25, 0.3) is 0 Å². The van der Waals surface area contributed by atoms with Crippen LogP contribution >= 0.6 is 11.3 Å². The van der Waals surface area contributed by atoms with E-state index in [1.807, 2.05) is 12.3 Å². The summed E-state index contributed by atoms with van der Waals surface area (Å²) in [6.45, 7) is 1.92. The highest BCUT2D eigenvalue weighted by Crippen LogP contribution is 2.42. The number of nitrogens with zero attached hydrogens (tertiary/aromatic N) is 1. The fraction of sp³-hybridized carbons (Fsp3) is 0.667. The van der Waals surface area contributed by atoms with E-state index in [9.17, 15) is 8.42 Å². The lowest BCUT2D eigenvalue weighted by molar-refractivity contribution is 0.531. The number of aryl methyl sites for hydroxylation is 1. The molecule has 0 aliphatic heterocycles. The second kappa shape index (κ2) is 3.84. The molecule has 0 spiro atoms. The maximum absolute atomic E-state index is 11.2. The van der Waals surface area contributed by atoms with Crippen LogP contribution in [0.4, 0.5) is 0 Å². The van der Waals surface area contributed by atoms with E-state index < -0.39 is 10.0 Å². The van der Waals surface area contributed by atoms with E-state index >= 15 is 0 Å². The lowest BCUT2D eigenvalue weighted by Crippen LogP contribution is -2.28. The van der Waals surface area contributed by atoms with Crippen molar-refractivity contribution in [2.24, 2.45) is 5.92 Å². The van der Waals surface area contributed by atoms with Crippen molar-refractivity contribution in [3.8, 4) is 0 Å². The lowest BCUT2D eigenvalue weighted by Gasteiger charge is -2.13. The Morgan fingerprint density at radius 1 is 1.60 bits per heavy atom. The number of nitrogens with one attached hydrogen (secondary N) is 1. The molecule has 1 unspecified atom stereocenters. The molecule has 6 heteroatoms. The SMILES string of the molecule is Cc1csc(C(NS(C)(=O)=O)C2CC2)n1. The van der Waals surface area contributed by atoms with Gasteiger partial charge in [0.15, 0.2) is 0 Å². The van der Waals surface area contributed by atoms with Gasteiger partial charge in [0, 0.05) is 11.1 Å². The predicted molar refractivity (Wildman–Crippen MR) is 60.3 cm³/mol. The van der Waals surface area contributed by atoms with Gasteiger partial charge in [0.2, 0.25) is 10.0 Å². The fourth-order valence-corrected chi connectivity index (χ4v) is 3.30. The van der Waals surface area contributed by atoms with Crippen LogP contribution in [0.5, 0.6) is 0 Å². The normalized spacial score (nSPS) is 19.1. The fourth-order valence-electron chi connectivity index (χ4n) is 1.52. The largest absolute Gasteiger partial charge is 0.245 e. The maximum atomic E-state index is 11.2. The van der Waals surface area contributed by atoms with E-state index in [4.69, 9.17) is 0 Å². The maximum Gasteiger partial charge on any atom is 0.209 e. The summed E-state index contributed by atoms with van der Waals surface area (Å²) >= 11 is 1.53.